The molecule has 0 spiro atoms. The minimum Gasteiger partial charge on any atom is -0.363 e. The van der Waals surface area contributed by atoms with Crippen molar-refractivity contribution >= 4 is 11.6 Å². The number of nitrogens with one attached hydrogen (secondary N) is 1. The number of hydrogen-bond donors (Lipinski definition) is 1. The molecule has 1 aromatic rings. The van der Waals surface area contributed by atoms with Gasteiger partial charge in [-0.2, -0.15) is 5.10 Å². The van der Waals surface area contributed by atoms with Crippen LogP contribution in [0.25, 0.3) is 0 Å². The predicted octanol–water partition coefficient (Wildman–Crippen LogP) is 4.00. The number of allylic oxidation sites excluding steroid dienone is 4. The van der Waals surface area contributed by atoms with Crippen molar-refractivity contribution in [2.45, 2.75) is 52.6 Å². The van der Waals surface area contributed by atoms with Crippen molar-refractivity contribution in [1.29, 1.82) is 0 Å². The van der Waals surface area contributed by atoms with Gasteiger partial charge in [-0.25, -0.2) is 4.68 Å². The first kappa shape index (κ1) is 16.3. The third-order valence-electron chi connectivity index (χ3n) is 4.16. The maximum atomic E-state index is 12.0. The standard InChI is InChI=1S/C18H25N3O/c1-7-8-9-10-12(2)15-11-18(5,6)21-17(19-15)16(14(4)22)13(3)20-21/h7-10,15,19H,1,11H2,2-6H3/b9-8-,12-10+/t15-/m1/s1. The van der Waals surface area contributed by atoms with E-state index < -0.39 is 0 Å². The fourth-order valence-electron chi connectivity index (χ4n) is 3.00. The third-order valence-corrected chi connectivity index (χ3v) is 4.16. The number of carbonyl (C=O) groups excluding carboxylic acids is 1. The molecule has 1 aliphatic heterocycles. The zero-order valence-corrected chi connectivity index (χ0v) is 14.1. The average molecular weight is 299 g/mol. The quantitative estimate of drug-likeness (QED) is 0.675. The average Bonchev–Trinajstić information content (AvgIpc) is 2.75. The molecule has 2 heterocycles. The van der Waals surface area contributed by atoms with Gasteiger partial charge in [-0.05, 0) is 41.0 Å². The number of nitrogens with zero attached hydrogens (tertiary/aromatic N) is 2. The summed E-state index contributed by atoms with van der Waals surface area (Å²) in [4.78, 5) is 12.0. The van der Waals surface area contributed by atoms with E-state index in [2.05, 4.69) is 43.8 Å². The number of fused-ring (bicyclic) bond motifs is 1. The van der Waals surface area contributed by atoms with E-state index in [9.17, 15) is 4.79 Å². The molecule has 0 bridgehead atoms. The largest absolute Gasteiger partial charge is 0.363 e. The summed E-state index contributed by atoms with van der Waals surface area (Å²) < 4.78 is 1.96. The highest BCUT2D eigenvalue weighted by Gasteiger charge is 2.37. The van der Waals surface area contributed by atoms with Gasteiger partial charge in [-0.15, -0.1) is 0 Å². The second kappa shape index (κ2) is 5.95. The van der Waals surface area contributed by atoms with E-state index in [4.69, 9.17) is 0 Å². The van der Waals surface area contributed by atoms with Gasteiger partial charge >= 0.3 is 0 Å². The molecule has 0 radical (unpaired) electrons. The molecule has 2 rings (SSSR count). The Bertz CT molecular complexity index is 662. The van der Waals surface area contributed by atoms with Gasteiger partial charge in [0.1, 0.15) is 5.82 Å². The Morgan fingerprint density at radius 2 is 2.09 bits per heavy atom. The Morgan fingerprint density at radius 3 is 2.68 bits per heavy atom. The highest BCUT2D eigenvalue weighted by Crippen LogP contribution is 2.37. The van der Waals surface area contributed by atoms with Crippen molar-refractivity contribution in [3.8, 4) is 0 Å². The molecule has 0 amide bonds. The number of Topliss-reactive ketones (excluding diaryl/α,β-unsaturated/α-hetero) is 1. The number of hydrogen-bond acceptors (Lipinski definition) is 3. The topological polar surface area (TPSA) is 46.9 Å². The monoisotopic (exact) mass is 299 g/mol. The van der Waals surface area contributed by atoms with Crippen LogP contribution in [0.15, 0.2) is 36.5 Å². The minimum atomic E-state index is -0.138. The zero-order chi connectivity index (χ0) is 16.5. The van der Waals surface area contributed by atoms with E-state index in [-0.39, 0.29) is 17.4 Å². The van der Waals surface area contributed by atoms with Gasteiger partial charge in [0.25, 0.3) is 0 Å². The Balaban J connectivity index is 2.44. The molecular weight excluding hydrogens is 274 g/mol. The van der Waals surface area contributed by atoms with Crippen LogP contribution in [0.2, 0.25) is 0 Å². The predicted molar refractivity (Wildman–Crippen MR) is 91.4 cm³/mol. The van der Waals surface area contributed by atoms with Crippen LogP contribution in [0.1, 0.15) is 50.2 Å². The molecule has 1 atom stereocenters. The SMILES string of the molecule is C=C/C=C\C=C(/C)[C@H]1CC(C)(C)n2nc(C)c(C(C)=O)c2N1. The Labute approximate surface area is 132 Å². The summed E-state index contributed by atoms with van der Waals surface area (Å²) >= 11 is 0. The van der Waals surface area contributed by atoms with Crippen molar-refractivity contribution in [3.63, 3.8) is 0 Å². The van der Waals surface area contributed by atoms with Crippen LogP contribution in [0.4, 0.5) is 5.82 Å². The van der Waals surface area contributed by atoms with Gasteiger partial charge in [0.2, 0.25) is 0 Å². The van der Waals surface area contributed by atoms with E-state index in [1.807, 2.05) is 23.8 Å². The van der Waals surface area contributed by atoms with Gasteiger partial charge in [-0.3, -0.25) is 4.79 Å². The number of rotatable bonds is 4. The summed E-state index contributed by atoms with van der Waals surface area (Å²) in [7, 11) is 0. The molecule has 1 N–H and O–H groups in total. The molecule has 0 aliphatic carbocycles. The second-order valence-corrected chi connectivity index (χ2v) is 6.52. The molecule has 4 nitrogen and oxygen atoms in total. The van der Waals surface area contributed by atoms with E-state index in [1.165, 1.54) is 5.57 Å². The van der Waals surface area contributed by atoms with Crippen LogP contribution in [0, 0.1) is 6.92 Å². The maximum Gasteiger partial charge on any atom is 0.165 e. The van der Waals surface area contributed by atoms with Crippen molar-refractivity contribution < 1.29 is 4.79 Å². The lowest BCUT2D eigenvalue weighted by Gasteiger charge is -2.38. The van der Waals surface area contributed by atoms with E-state index in [0.717, 1.165) is 17.9 Å². The molecule has 0 aromatic carbocycles. The van der Waals surface area contributed by atoms with E-state index in [1.54, 1.807) is 13.0 Å². The van der Waals surface area contributed by atoms with Crippen molar-refractivity contribution in [3.05, 3.63) is 47.7 Å². The number of aryl methyl sites for hydroxylation is 1. The van der Waals surface area contributed by atoms with Crippen LogP contribution in [0.3, 0.4) is 0 Å². The number of carbonyl (C=O) groups is 1. The normalized spacial score (nSPS) is 20.6. The smallest absolute Gasteiger partial charge is 0.165 e. The van der Waals surface area contributed by atoms with Crippen molar-refractivity contribution in [2.24, 2.45) is 0 Å². The summed E-state index contributed by atoms with van der Waals surface area (Å²) in [5, 5.41) is 8.08. The van der Waals surface area contributed by atoms with Gasteiger partial charge < -0.3 is 5.32 Å². The lowest BCUT2D eigenvalue weighted by Crippen LogP contribution is -2.42. The molecule has 1 aromatic heterocycles. The minimum absolute atomic E-state index is 0.0517. The fourth-order valence-corrected chi connectivity index (χ4v) is 3.00. The summed E-state index contributed by atoms with van der Waals surface area (Å²) in [6.07, 6.45) is 8.66. The summed E-state index contributed by atoms with van der Waals surface area (Å²) in [5.41, 5.74) is 2.58. The van der Waals surface area contributed by atoms with Crippen LogP contribution >= 0.6 is 0 Å². The first-order chi connectivity index (χ1) is 10.3. The van der Waals surface area contributed by atoms with Gasteiger partial charge in [0, 0.05) is 0 Å². The molecule has 0 unspecified atom stereocenters. The summed E-state index contributed by atoms with van der Waals surface area (Å²) in [6.45, 7) is 13.6. The van der Waals surface area contributed by atoms with Crippen molar-refractivity contribution in [2.75, 3.05) is 5.32 Å². The van der Waals surface area contributed by atoms with Gasteiger partial charge in [0.15, 0.2) is 5.78 Å². The molecule has 22 heavy (non-hydrogen) atoms. The Kier molecular flexibility index (Phi) is 4.40. The molecule has 0 saturated heterocycles. The highest BCUT2D eigenvalue weighted by atomic mass is 16.1. The Morgan fingerprint density at radius 1 is 1.41 bits per heavy atom. The molecule has 118 valence electrons. The molecule has 4 heteroatoms. The first-order valence-corrected chi connectivity index (χ1v) is 7.61. The molecule has 1 aliphatic rings. The van der Waals surface area contributed by atoms with Crippen LogP contribution < -0.4 is 5.32 Å². The second-order valence-electron chi connectivity index (χ2n) is 6.52. The van der Waals surface area contributed by atoms with Gasteiger partial charge in [0.05, 0.1) is 22.8 Å². The summed E-state index contributed by atoms with van der Waals surface area (Å²) in [6, 6.07) is 0.186. The van der Waals surface area contributed by atoms with Crippen LogP contribution in [0.5, 0.6) is 0 Å². The Hall–Kier alpha value is -2.10. The highest BCUT2D eigenvalue weighted by molar-refractivity contribution is 6.00. The maximum absolute atomic E-state index is 12.0. The third kappa shape index (κ3) is 2.91. The molecule has 0 fully saturated rings. The lowest BCUT2D eigenvalue weighted by molar-refractivity contribution is 0.101. The number of anilines is 1. The van der Waals surface area contributed by atoms with Crippen LogP contribution in [-0.4, -0.2) is 21.6 Å². The summed E-state index contributed by atoms with van der Waals surface area (Å²) in [5.74, 6) is 0.891. The first-order valence-electron chi connectivity index (χ1n) is 7.61. The van der Waals surface area contributed by atoms with E-state index in [0.29, 0.717) is 5.56 Å². The molecular formula is C18H25N3O. The fraction of sp³-hybridized carbons (Fsp3) is 0.444. The van der Waals surface area contributed by atoms with Crippen molar-refractivity contribution in [1.82, 2.24) is 9.78 Å². The van der Waals surface area contributed by atoms with Crippen LogP contribution in [-0.2, 0) is 5.54 Å². The zero-order valence-electron chi connectivity index (χ0n) is 14.1. The van der Waals surface area contributed by atoms with E-state index >= 15 is 0 Å². The van der Waals surface area contributed by atoms with Gasteiger partial charge in [-0.1, -0.05) is 36.5 Å². The number of aromatic nitrogens is 2. The number of ketones is 1. The molecule has 0 saturated carbocycles. The lowest BCUT2D eigenvalue weighted by atomic mass is 9.89.